The molecule has 0 heterocycles. The van der Waals surface area contributed by atoms with Crippen LogP contribution < -0.4 is 0 Å². The van der Waals surface area contributed by atoms with Gasteiger partial charge in [0.2, 0.25) is 0 Å². The van der Waals surface area contributed by atoms with Crippen LogP contribution >= 0.6 is 0 Å². The Morgan fingerprint density at radius 3 is 2.00 bits per heavy atom. The first-order chi connectivity index (χ1) is 2.91. The Morgan fingerprint density at radius 1 is 1.83 bits per heavy atom. The molecule has 0 fully saturated rings. The Labute approximate surface area is 49.2 Å². The molecule has 0 aliphatic carbocycles. The van der Waals surface area contributed by atoms with Gasteiger partial charge in [0, 0.05) is 0 Å². The van der Waals surface area contributed by atoms with Crippen molar-refractivity contribution in [3.8, 4) is 0 Å². The van der Waals surface area contributed by atoms with E-state index in [9.17, 15) is 3.52 Å². The third-order valence-corrected chi connectivity index (χ3v) is 0.120. The quantitative estimate of drug-likeness (QED) is 0.289. The van der Waals surface area contributed by atoms with E-state index in [-0.39, 0.29) is 0 Å². The predicted molar refractivity (Wildman–Crippen MR) is 17.0 cm³/mol. The number of halogens is 1. The van der Waals surface area contributed by atoms with Crippen molar-refractivity contribution in [1.29, 1.82) is 0 Å². The van der Waals surface area contributed by atoms with Crippen LogP contribution in [0.25, 0.3) is 0 Å². The van der Waals surface area contributed by atoms with Crippen LogP contribution in [0.2, 0.25) is 0 Å². The second kappa shape index (κ2) is 17.2. The van der Waals surface area contributed by atoms with E-state index in [0.717, 1.165) is 0 Å². The van der Waals surface area contributed by atoms with Crippen molar-refractivity contribution in [3.05, 3.63) is 0 Å². The number of hydrogen-bond acceptors (Lipinski definition) is 3. The predicted octanol–water partition coefficient (Wildman–Crippen LogP) is -0.520. The van der Waals surface area contributed by atoms with Gasteiger partial charge in [0.25, 0.3) is 0 Å². The molecule has 6 heteroatoms. The summed E-state index contributed by atoms with van der Waals surface area (Å²) in [5.41, 5.74) is 0. The van der Waals surface area contributed by atoms with Crippen molar-refractivity contribution in [2.75, 3.05) is 0 Å². The van der Waals surface area contributed by atoms with Gasteiger partial charge in [0.05, 0.1) is 0 Å². The van der Waals surface area contributed by atoms with Crippen LogP contribution in [-0.2, 0) is 7.74 Å². The van der Waals surface area contributed by atoms with Crippen LogP contribution in [0.15, 0.2) is 0 Å². The van der Waals surface area contributed by atoms with E-state index >= 15 is 0 Å². The molecule has 0 saturated heterocycles. The molecule has 0 aliphatic heterocycles. The van der Waals surface area contributed by atoms with Crippen LogP contribution in [0.4, 0.5) is 3.52 Å². The second-order valence-electron chi connectivity index (χ2n) is 0.194. The van der Waals surface area contributed by atoms with Gasteiger partial charge in [-0.15, -0.1) is 0 Å². The van der Waals surface area contributed by atoms with Gasteiger partial charge in [0.15, 0.2) is 0 Å². The summed E-state index contributed by atoms with van der Waals surface area (Å²) in [4.78, 5) is 0. The van der Waals surface area contributed by atoms with E-state index in [1.807, 2.05) is 0 Å². The van der Waals surface area contributed by atoms with Crippen molar-refractivity contribution >= 4 is 32.2 Å². The van der Waals surface area contributed by atoms with Crippen molar-refractivity contribution in [1.82, 2.24) is 0 Å². The first-order valence-corrected chi connectivity index (χ1v) is 2.25. The van der Waals surface area contributed by atoms with Gasteiger partial charge in [-0.1, -0.05) is 0 Å². The zero-order valence-electron chi connectivity index (χ0n) is 2.80. The van der Waals surface area contributed by atoms with Crippen LogP contribution in [0.5, 0.6) is 0 Å². The van der Waals surface area contributed by atoms with Gasteiger partial charge in [-0.25, -0.2) is 0 Å². The fourth-order valence-electron chi connectivity index (χ4n) is 0. The summed E-state index contributed by atoms with van der Waals surface area (Å²) in [7, 11) is 0. The fraction of sp³-hybridized carbons (Fsp3) is 0. The molecule has 0 aromatic rings. The average molecular weight is 122 g/mol. The molecule has 0 aromatic heterocycles. The minimum atomic E-state index is -1.66. The van der Waals surface area contributed by atoms with Crippen LogP contribution in [-0.4, -0.2) is 37.5 Å². The van der Waals surface area contributed by atoms with Gasteiger partial charge in [-0.05, 0) is 0 Å². The summed E-state index contributed by atoms with van der Waals surface area (Å²) in [5.74, 6) is 0. The van der Waals surface area contributed by atoms with Gasteiger partial charge >= 0.3 is 36.0 Å². The van der Waals surface area contributed by atoms with E-state index in [1.54, 1.807) is 0 Å². The Kier molecular flexibility index (Phi) is 28.3. The SMILES string of the molecule is O[O][Al][F].[O]=[Al]. The fourth-order valence-corrected chi connectivity index (χ4v) is 0. The van der Waals surface area contributed by atoms with Crippen molar-refractivity contribution in [3.63, 3.8) is 0 Å². The molecule has 0 rings (SSSR count). The third-order valence-electron chi connectivity index (χ3n) is 0.0398. The molecule has 0 atom stereocenters. The maximum absolute atomic E-state index is 10.3. The Balaban J connectivity index is 0. The molecule has 0 bridgehead atoms. The second-order valence-corrected chi connectivity index (χ2v) is 0.583. The van der Waals surface area contributed by atoms with Gasteiger partial charge in [-0.3, -0.25) is 5.26 Å². The maximum atomic E-state index is 10.3. The van der Waals surface area contributed by atoms with Crippen LogP contribution in [0, 0.1) is 0 Å². The molecule has 0 aliphatic rings. The van der Waals surface area contributed by atoms with Gasteiger partial charge in [0.1, 0.15) is 0 Å². The van der Waals surface area contributed by atoms with E-state index in [1.165, 1.54) is 16.2 Å². The molecule has 0 aromatic carbocycles. The van der Waals surface area contributed by atoms with Crippen molar-refractivity contribution in [2.45, 2.75) is 0 Å². The number of rotatable bonds is 1. The standard InChI is InChI=1S/2Al.FH.H2O2.O/c;;;1-2;/h;;1H;1-2H;/q;+2;;;/p-2. The first kappa shape index (κ1) is 9.87. The molecular formula is HAl2FO3. The monoisotopic (exact) mass is 122 g/mol. The minimum absolute atomic E-state index is 1.17. The average Bonchev–Trinajstić information content (AvgIpc) is 1.72. The van der Waals surface area contributed by atoms with E-state index < -0.39 is 16.0 Å². The van der Waals surface area contributed by atoms with E-state index in [4.69, 9.17) is 9.06 Å². The molecule has 32 valence electrons. The molecule has 1 N–H and O–H groups in total. The van der Waals surface area contributed by atoms with E-state index in [0.29, 0.717) is 0 Å². The normalized spacial score (nSPS) is 4.83. The summed E-state index contributed by atoms with van der Waals surface area (Å²) in [6.07, 6.45) is 0. The Hall–Kier alpha value is 0.715. The summed E-state index contributed by atoms with van der Waals surface area (Å²) in [5, 5.41) is 7.04. The molecule has 0 saturated carbocycles. The molecule has 0 amide bonds. The van der Waals surface area contributed by atoms with Gasteiger partial charge in [-0.2, -0.15) is 0 Å². The number of hydrogen-bond donors (Lipinski definition) is 1. The van der Waals surface area contributed by atoms with Gasteiger partial charge < -0.3 is 7.46 Å². The summed E-state index contributed by atoms with van der Waals surface area (Å²) >= 11 is -0.495. The topological polar surface area (TPSA) is 46.5 Å². The Bertz CT molecular complexity index is 16.3. The molecule has 3 nitrogen and oxygen atoms in total. The summed E-state index contributed by atoms with van der Waals surface area (Å²) < 4.78 is 21.5. The molecule has 6 heavy (non-hydrogen) atoms. The van der Waals surface area contributed by atoms with Crippen LogP contribution in [0.3, 0.4) is 0 Å². The molecular weight excluding hydrogens is 121 g/mol. The molecule has 2 radical (unpaired) electrons. The van der Waals surface area contributed by atoms with Crippen molar-refractivity contribution < 1.29 is 16.5 Å². The van der Waals surface area contributed by atoms with E-state index in [2.05, 4.69) is 3.94 Å². The summed E-state index contributed by atoms with van der Waals surface area (Å²) in [6, 6.07) is 0. The third kappa shape index (κ3) is 22.1. The zero-order valence-corrected chi connectivity index (χ0v) is 5.11. The molecule has 0 unspecified atom stereocenters. The zero-order chi connectivity index (χ0) is 5.41. The molecule has 0 spiro atoms. The first-order valence-electron chi connectivity index (χ1n) is 0.872. The van der Waals surface area contributed by atoms with Crippen molar-refractivity contribution in [2.24, 2.45) is 0 Å². The van der Waals surface area contributed by atoms with Crippen LogP contribution in [0.1, 0.15) is 0 Å². The Morgan fingerprint density at radius 2 is 2.00 bits per heavy atom. The summed E-state index contributed by atoms with van der Waals surface area (Å²) in [6.45, 7) is 0.